The number of aryl methyl sites for hydroxylation is 1. The van der Waals surface area contributed by atoms with Crippen LogP contribution in [0, 0.1) is 12.7 Å². The van der Waals surface area contributed by atoms with E-state index < -0.39 is 17.6 Å². The molecular weight excluding hydrogens is 359 g/mol. The van der Waals surface area contributed by atoms with E-state index in [1.165, 1.54) is 25.3 Å². The van der Waals surface area contributed by atoms with Gasteiger partial charge in [-0.1, -0.05) is 24.3 Å². The zero-order valence-electron chi connectivity index (χ0n) is 15.5. The summed E-state index contributed by atoms with van der Waals surface area (Å²) in [6, 6.07) is 18.0. The van der Waals surface area contributed by atoms with E-state index in [9.17, 15) is 14.0 Å². The molecule has 2 N–H and O–H groups in total. The Morgan fingerprint density at radius 2 is 1.43 bits per heavy atom. The lowest BCUT2D eigenvalue weighted by atomic mass is 10.1. The minimum Gasteiger partial charge on any atom is -0.497 e. The Labute approximate surface area is 162 Å². The number of halogens is 1. The molecule has 0 saturated heterocycles. The van der Waals surface area contributed by atoms with Gasteiger partial charge in [-0.3, -0.25) is 9.59 Å². The van der Waals surface area contributed by atoms with Gasteiger partial charge in [-0.25, -0.2) is 4.39 Å². The Bertz CT molecular complexity index is 1020. The molecule has 5 nitrogen and oxygen atoms in total. The molecule has 3 aromatic carbocycles. The summed E-state index contributed by atoms with van der Waals surface area (Å²) < 4.78 is 19.9. The number of para-hydroxylation sites is 1. The average molecular weight is 378 g/mol. The van der Waals surface area contributed by atoms with E-state index in [1.54, 1.807) is 36.4 Å². The van der Waals surface area contributed by atoms with Crippen LogP contribution >= 0.6 is 0 Å². The van der Waals surface area contributed by atoms with E-state index in [2.05, 4.69) is 10.6 Å². The highest BCUT2D eigenvalue weighted by atomic mass is 19.1. The number of carbonyl (C=O) groups is 2. The number of ether oxygens (including phenoxy) is 1. The van der Waals surface area contributed by atoms with Crippen molar-refractivity contribution in [3.63, 3.8) is 0 Å². The van der Waals surface area contributed by atoms with Crippen LogP contribution in [0.25, 0.3) is 0 Å². The summed E-state index contributed by atoms with van der Waals surface area (Å²) >= 11 is 0. The average Bonchev–Trinajstić information content (AvgIpc) is 2.70. The molecular formula is C22H19FN2O3. The van der Waals surface area contributed by atoms with Crippen molar-refractivity contribution < 1.29 is 18.7 Å². The van der Waals surface area contributed by atoms with Gasteiger partial charge in [0.25, 0.3) is 11.8 Å². The molecule has 0 aliphatic carbocycles. The maximum atomic E-state index is 14.9. The Hall–Kier alpha value is -3.67. The third-order valence-corrected chi connectivity index (χ3v) is 4.23. The molecule has 0 saturated carbocycles. The SMILES string of the molecule is COc1ccc(NC(=O)c2cccc(C(=O)Nc3ccccc3C)c2F)cc1. The van der Waals surface area contributed by atoms with Crippen LogP contribution in [0.5, 0.6) is 5.75 Å². The van der Waals surface area contributed by atoms with Crippen molar-refractivity contribution in [1.82, 2.24) is 0 Å². The highest BCUT2D eigenvalue weighted by Gasteiger charge is 2.20. The summed E-state index contributed by atoms with van der Waals surface area (Å²) in [6.45, 7) is 1.84. The first-order valence-electron chi connectivity index (χ1n) is 8.60. The van der Waals surface area contributed by atoms with E-state index >= 15 is 0 Å². The molecule has 0 aliphatic heterocycles. The number of rotatable bonds is 5. The van der Waals surface area contributed by atoms with Crippen molar-refractivity contribution in [3.8, 4) is 5.75 Å². The van der Waals surface area contributed by atoms with Gasteiger partial charge < -0.3 is 15.4 Å². The molecule has 0 fully saturated rings. The van der Waals surface area contributed by atoms with Crippen molar-refractivity contribution in [3.05, 3.63) is 89.2 Å². The molecule has 0 heterocycles. The normalized spacial score (nSPS) is 10.2. The number of hydrogen-bond donors (Lipinski definition) is 2. The Balaban J connectivity index is 1.80. The van der Waals surface area contributed by atoms with Crippen LogP contribution in [0.15, 0.2) is 66.7 Å². The van der Waals surface area contributed by atoms with E-state index in [0.29, 0.717) is 17.1 Å². The minimum atomic E-state index is -0.875. The molecule has 0 bridgehead atoms. The quantitative estimate of drug-likeness (QED) is 0.679. The zero-order chi connectivity index (χ0) is 20.1. The molecule has 6 heteroatoms. The first-order chi connectivity index (χ1) is 13.5. The third-order valence-electron chi connectivity index (χ3n) is 4.23. The van der Waals surface area contributed by atoms with Crippen LogP contribution in [-0.4, -0.2) is 18.9 Å². The van der Waals surface area contributed by atoms with Gasteiger partial charge in [0.05, 0.1) is 18.2 Å². The summed E-state index contributed by atoms with van der Waals surface area (Å²) in [7, 11) is 1.54. The predicted molar refractivity (Wildman–Crippen MR) is 106 cm³/mol. The van der Waals surface area contributed by atoms with E-state index in [-0.39, 0.29) is 11.1 Å². The fourth-order valence-corrected chi connectivity index (χ4v) is 2.66. The standard InChI is InChI=1S/C22H19FN2O3/c1-14-6-3-4-9-19(14)25-22(27)18-8-5-7-17(20(18)23)21(26)24-15-10-12-16(28-2)13-11-15/h3-13H,1-2H3,(H,24,26)(H,25,27). The summed E-state index contributed by atoms with van der Waals surface area (Å²) in [5.41, 5.74) is 1.50. The molecule has 0 unspecified atom stereocenters. The monoisotopic (exact) mass is 378 g/mol. The number of carbonyl (C=O) groups excluding carboxylic acids is 2. The minimum absolute atomic E-state index is 0.203. The second-order valence-corrected chi connectivity index (χ2v) is 6.12. The van der Waals surface area contributed by atoms with Gasteiger partial charge in [-0.15, -0.1) is 0 Å². The summed E-state index contributed by atoms with van der Waals surface area (Å²) in [6.07, 6.45) is 0. The fourth-order valence-electron chi connectivity index (χ4n) is 2.66. The van der Waals surface area contributed by atoms with Crippen LogP contribution in [0.2, 0.25) is 0 Å². The number of methoxy groups -OCH3 is 1. The predicted octanol–water partition coefficient (Wildman–Crippen LogP) is 4.65. The summed E-state index contributed by atoms with van der Waals surface area (Å²) in [5, 5.41) is 5.28. The molecule has 142 valence electrons. The van der Waals surface area contributed by atoms with Crippen LogP contribution in [-0.2, 0) is 0 Å². The van der Waals surface area contributed by atoms with E-state index in [1.807, 2.05) is 19.1 Å². The highest BCUT2D eigenvalue weighted by molar-refractivity contribution is 6.09. The molecule has 2 amide bonds. The number of amides is 2. The van der Waals surface area contributed by atoms with Gasteiger partial charge in [-0.2, -0.15) is 0 Å². The molecule has 0 radical (unpaired) electrons. The summed E-state index contributed by atoms with van der Waals surface area (Å²) in [4.78, 5) is 25.0. The van der Waals surface area contributed by atoms with Crippen molar-refractivity contribution in [2.24, 2.45) is 0 Å². The van der Waals surface area contributed by atoms with Crippen LogP contribution in [0.3, 0.4) is 0 Å². The van der Waals surface area contributed by atoms with E-state index in [4.69, 9.17) is 4.74 Å². The largest absolute Gasteiger partial charge is 0.497 e. The first-order valence-corrected chi connectivity index (χ1v) is 8.60. The van der Waals surface area contributed by atoms with Gasteiger partial charge in [0.1, 0.15) is 11.6 Å². The Morgan fingerprint density at radius 1 is 0.821 bits per heavy atom. The molecule has 3 aromatic rings. The maximum Gasteiger partial charge on any atom is 0.258 e. The number of anilines is 2. The van der Waals surface area contributed by atoms with Crippen LogP contribution in [0.4, 0.5) is 15.8 Å². The molecule has 0 aromatic heterocycles. The lowest BCUT2D eigenvalue weighted by Gasteiger charge is -2.11. The maximum absolute atomic E-state index is 14.9. The number of hydrogen-bond acceptors (Lipinski definition) is 3. The first kappa shape index (κ1) is 19.1. The van der Waals surface area contributed by atoms with Crippen molar-refractivity contribution in [1.29, 1.82) is 0 Å². The van der Waals surface area contributed by atoms with Gasteiger partial charge in [0.2, 0.25) is 0 Å². The number of benzene rings is 3. The number of nitrogens with one attached hydrogen (secondary N) is 2. The van der Waals surface area contributed by atoms with Crippen molar-refractivity contribution in [2.45, 2.75) is 6.92 Å². The van der Waals surface area contributed by atoms with Gasteiger partial charge >= 0.3 is 0 Å². The lowest BCUT2D eigenvalue weighted by molar-refractivity contribution is 0.102. The Morgan fingerprint density at radius 3 is 2.04 bits per heavy atom. The van der Waals surface area contributed by atoms with Crippen molar-refractivity contribution >= 4 is 23.2 Å². The molecule has 0 spiro atoms. The Kier molecular flexibility index (Phi) is 5.69. The van der Waals surface area contributed by atoms with Gasteiger partial charge in [0, 0.05) is 11.4 Å². The second-order valence-electron chi connectivity index (χ2n) is 6.12. The van der Waals surface area contributed by atoms with Gasteiger partial charge in [0.15, 0.2) is 0 Å². The smallest absolute Gasteiger partial charge is 0.258 e. The second kappa shape index (κ2) is 8.35. The molecule has 0 atom stereocenters. The van der Waals surface area contributed by atoms with E-state index in [0.717, 1.165) is 5.56 Å². The topological polar surface area (TPSA) is 67.4 Å². The fraction of sp³-hybridized carbons (Fsp3) is 0.0909. The third kappa shape index (κ3) is 4.17. The van der Waals surface area contributed by atoms with Gasteiger partial charge in [-0.05, 0) is 55.0 Å². The zero-order valence-corrected chi connectivity index (χ0v) is 15.5. The van der Waals surface area contributed by atoms with Crippen molar-refractivity contribution in [2.75, 3.05) is 17.7 Å². The molecule has 0 aliphatic rings. The molecule has 28 heavy (non-hydrogen) atoms. The molecule has 3 rings (SSSR count). The highest BCUT2D eigenvalue weighted by Crippen LogP contribution is 2.20. The van der Waals surface area contributed by atoms with Crippen LogP contribution < -0.4 is 15.4 Å². The lowest BCUT2D eigenvalue weighted by Crippen LogP contribution is -2.19. The summed E-state index contributed by atoms with van der Waals surface area (Å²) in [5.74, 6) is -1.50. The van der Waals surface area contributed by atoms with Crippen LogP contribution in [0.1, 0.15) is 26.3 Å².